The van der Waals surface area contributed by atoms with Crippen molar-refractivity contribution in [2.24, 2.45) is 5.41 Å². The van der Waals surface area contributed by atoms with Gasteiger partial charge in [-0.25, -0.2) is 4.39 Å². The molecule has 0 unspecified atom stereocenters. The van der Waals surface area contributed by atoms with Crippen molar-refractivity contribution in [2.75, 3.05) is 19.5 Å². The Balaban J connectivity index is 2.66. The largest absolute Gasteiger partial charge is 0.494 e. The fraction of sp³-hybridized carbons (Fsp3) is 0.500. The van der Waals surface area contributed by atoms with Gasteiger partial charge in [0, 0.05) is 18.0 Å². The molecule has 0 aliphatic rings. The maximum absolute atomic E-state index is 13.5. The number of hydrogen-bond donors (Lipinski definition) is 1. The van der Waals surface area contributed by atoms with Crippen molar-refractivity contribution >= 4 is 17.5 Å². The summed E-state index contributed by atoms with van der Waals surface area (Å²) in [5, 5.41) is 2.78. The van der Waals surface area contributed by atoms with Crippen molar-refractivity contribution in [3.63, 3.8) is 0 Å². The smallest absolute Gasteiger partial charge is 0.251 e. The number of carbonyl (C=O) groups is 1. The topological polar surface area (TPSA) is 38.3 Å². The summed E-state index contributed by atoms with van der Waals surface area (Å²) in [5.74, 6) is -0.182. The van der Waals surface area contributed by atoms with Gasteiger partial charge in [-0.2, -0.15) is 0 Å². The van der Waals surface area contributed by atoms with Crippen LogP contribution in [-0.4, -0.2) is 25.4 Å². The number of halogens is 2. The predicted molar refractivity (Wildman–Crippen MR) is 74.4 cm³/mol. The molecule has 19 heavy (non-hydrogen) atoms. The van der Waals surface area contributed by atoms with Crippen molar-refractivity contribution in [1.29, 1.82) is 0 Å². The molecule has 1 aromatic rings. The minimum Gasteiger partial charge on any atom is -0.494 e. The summed E-state index contributed by atoms with van der Waals surface area (Å²) >= 11 is 5.70. The van der Waals surface area contributed by atoms with Crippen molar-refractivity contribution in [3.05, 3.63) is 29.6 Å². The average molecular weight is 288 g/mol. The first-order valence-corrected chi connectivity index (χ1v) is 6.61. The van der Waals surface area contributed by atoms with E-state index in [-0.39, 0.29) is 22.6 Å². The van der Waals surface area contributed by atoms with E-state index >= 15 is 0 Å². The molecule has 3 nitrogen and oxygen atoms in total. The number of methoxy groups -OCH3 is 1. The van der Waals surface area contributed by atoms with Gasteiger partial charge in [0.15, 0.2) is 11.6 Å². The summed E-state index contributed by atoms with van der Waals surface area (Å²) in [7, 11) is 1.38. The second-order valence-corrected chi connectivity index (χ2v) is 5.51. The zero-order chi connectivity index (χ0) is 14.5. The molecule has 5 heteroatoms. The third-order valence-corrected chi connectivity index (χ3v) is 3.10. The molecule has 106 valence electrons. The zero-order valence-electron chi connectivity index (χ0n) is 11.4. The molecule has 1 aromatic carbocycles. The van der Waals surface area contributed by atoms with Gasteiger partial charge in [-0.05, 0) is 30.0 Å². The maximum atomic E-state index is 13.5. The van der Waals surface area contributed by atoms with Crippen molar-refractivity contribution in [1.82, 2.24) is 5.32 Å². The van der Waals surface area contributed by atoms with E-state index in [1.165, 1.54) is 25.3 Å². The fourth-order valence-electron chi connectivity index (χ4n) is 1.57. The minimum atomic E-state index is -0.546. The molecule has 0 aromatic heterocycles. The van der Waals surface area contributed by atoms with Crippen LogP contribution in [0.2, 0.25) is 0 Å². The molecule has 0 radical (unpaired) electrons. The lowest BCUT2D eigenvalue weighted by Gasteiger charge is -2.23. The van der Waals surface area contributed by atoms with E-state index in [0.29, 0.717) is 12.4 Å². The first kappa shape index (κ1) is 15.8. The lowest BCUT2D eigenvalue weighted by atomic mass is 9.90. The minimum absolute atomic E-state index is 0.0809. The highest BCUT2D eigenvalue weighted by atomic mass is 35.5. The van der Waals surface area contributed by atoms with Crippen LogP contribution >= 0.6 is 11.6 Å². The first-order chi connectivity index (χ1) is 8.89. The van der Waals surface area contributed by atoms with Crippen LogP contribution in [0.4, 0.5) is 4.39 Å². The van der Waals surface area contributed by atoms with Crippen LogP contribution in [0.1, 0.15) is 30.6 Å². The van der Waals surface area contributed by atoms with Gasteiger partial charge in [-0.15, -0.1) is 11.6 Å². The Kier molecular flexibility index (Phi) is 5.60. The molecule has 0 bridgehead atoms. The average Bonchev–Trinajstić information content (AvgIpc) is 2.36. The number of alkyl halides is 1. The SMILES string of the molecule is COc1ccc(C(=O)NCC(C)(C)CCCl)cc1F. The summed E-state index contributed by atoms with van der Waals surface area (Å²) in [6.45, 7) is 4.53. The molecule has 0 saturated carbocycles. The Morgan fingerprint density at radius 3 is 2.68 bits per heavy atom. The van der Waals surface area contributed by atoms with Crippen LogP contribution in [0.15, 0.2) is 18.2 Å². The number of carbonyl (C=O) groups excluding carboxylic acids is 1. The molecule has 0 atom stereocenters. The second-order valence-electron chi connectivity index (χ2n) is 5.14. The molecule has 0 aliphatic heterocycles. The molecule has 0 fully saturated rings. The Labute approximate surface area is 118 Å². The number of amides is 1. The van der Waals surface area contributed by atoms with E-state index in [1.807, 2.05) is 13.8 Å². The molecule has 1 rings (SSSR count). The normalized spacial score (nSPS) is 11.2. The van der Waals surface area contributed by atoms with Crippen LogP contribution in [0, 0.1) is 11.2 Å². The second kappa shape index (κ2) is 6.75. The van der Waals surface area contributed by atoms with E-state index < -0.39 is 5.82 Å². The Morgan fingerprint density at radius 1 is 1.47 bits per heavy atom. The van der Waals surface area contributed by atoms with Gasteiger partial charge >= 0.3 is 0 Å². The monoisotopic (exact) mass is 287 g/mol. The number of ether oxygens (including phenoxy) is 1. The number of nitrogens with one attached hydrogen (secondary N) is 1. The van der Waals surface area contributed by atoms with Gasteiger partial charge in [-0.1, -0.05) is 13.8 Å². The van der Waals surface area contributed by atoms with Gasteiger partial charge in [0.25, 0.3) is 5.91 Å². The standard InChI is InChI=1S/C14H19ClFNO2/c1-14(2,6-7-15)9-17-13(18)10-4-5-12(19-3)11(16)8-10/h4-5,8H,6-7,9H2,1-3H3,(H,17,18). The van der Waals surface area contributed by atoms with E-state index in [0.717, 1.165) is 6.42 Å². The summed E-state index contributed by atoms with van der Waals surface area (Å²) in [6, 6.07) is 4.14. The lowest BCUT2D eigenvalue weighted by molar-refractivity contribution is 0.0935. The summed E-state index contributed by atoms with van der Waals surface area (Å²) in [5.41, 5.74) is 0.197. The molecule has 0 saturated heterocycles. The van der Waals surface area contributed by atoms with Gasteiger partial charge < -0.3 is 10.1 Å². The Morgan fingerprint density at radius 2 is 2.16 bits per heavy atom. The highest BCUT2D eigenvalue weighted by Crippen LogP contribution is 2.20. The molecule has 0 aliphatic carbocycles. The fourth-order valence-corrected chi connectivity index (χ4v) is 2.09. The van der Waals surface area contributed by atoms with Crippen LogP contribution in [0.3, 0.4) is 0 Å². The molecule has 0 heterocycles. The van der Waals surface area contributed by atoms with Crippen molar-refractivity contribution in [2.45, 2.75) is 20.3 Å². The van der Waals surface area contributed by atoms with Crippen LogP contribution < -0.4 is 10.1 Å². The summed E-state index contributed by atoms with van der Waals surface area (Å²) in [4.78, 5) is 11.9. The zero-order valence-corrected chi connectivity index (χ0v) is 12.2. The number of rotatable bonds is 6. The van der Waals surface area contributed by atoms with Crippen LogP contribution in [-0.2, 0) is 0 Å². The van der Waals surface area contributed by atoms with Crippen LogP contribution in [0.25, 0.3) is 0 Å². The molecule has 1 amide bonds. The quantitative estimate of drug-likeness (QED) is 0.816. The van der Waals surface area contributed by atoms with E-state index in [1.54, 1.807) is 0 Å². The molecular weight excluding hydrogens is 269 g/mol. The third kappa shape index (κ3) is 4.71. The third-order valence-electron chi connectivity index (χ3n) is 2.91. The Hall–Kier alpha value is -1.29. The first-order valence-electron chi connectivity index (χ1n) is 6.07. The highest BCUT2D eigenvalue weighted by Gasteiger charge is 2.19. The van der Waals surface area contributed by atoms with Gasteiger partial charge in [-0.3, -0.25) is 4.79 Å². The van der Waals surface area contributed by atoms with Crippen molar-refractivity contribution in [3.8, 4) is 5.75 Å². The van der Waals surface area contributed by atoms with Gasteiger partial charge in [0.1, 0.15) is 0 Å². The number of hydrogen-bond acceptors (Lipinski definition) is 2. The Bertz CT molecular complexity index is 449. The highest BCUT2D eigenvalue weighted by molar-refractivity contribution is 6.17. The van der Waals surface area contributed by atoms with Gasteiger partial charge in [0.2, 0.25) is 0 Å². The van der Waals surface area contributed by atoms with Crippen LogP contribution in [0.5, 0.6) is 5.75 Å². The van der Waals surface area contributed by atoms with Gasteiger partial charge in [0.05, 0.1) is 7.11 Å². The van der Waals surface area contributed by atoms with E-state index in [2.05, 4.69) is 5.32 Å². The lowest BCUT2D eigenvalue weighted by Crippen LogP contribution is -2.34. The molecule has 1 N–H and O–H groups in total. The summed E-state index contributed by atoms with van der Waals surface area (Å²) < 4.78 is 18.3. The molecule has 0 spiro atoms. The summed E-state index contributed by atoms with van der Waals surface area (Å²) in [6.07, 6.45) is 0.797. The van der Waals surface area contributed by atoms with E-state index in [9.17, 15) is 9.18 Å². The van der Waals surface area contributed by atoms with E-state index in [4.69, 9.17) is 16.3 Å². The number of benzene rings is 1. The predicted octanol–water partition coefficient (Wildman–Crippen LogP) is 3.22. The van der Waals surface area contributed by atoms with Crippen molar-refractivity contribution < 1.29 is 13.9 Å². The maximum Gasteiger partial charge on any atom is 0.251 e. The molecular formula is C14H19ClFNO2.